The number of benzene rings is 2. The number of para-hydroxylation sites is 1. The van der Waals surface area contributed by atoms with Crippen LogP contribution in [0.25, 0.3) is 0 Å². The van der Waals surface area contributed by atoms with Gasteiger partial charge in [-0.05, 0) is 36.8 Å². The fraction of sp³-hybridized carbons (Fsp3) is 0.133. The summed E-state index contributed by atoms with van der Waals surface area (Å²) in [6, 6.07) is 12.0. The third kappa shape index (κ3) is 2.71. The maximum atomic E-state index is 12.4. The van der Waals surface area contributed by atoms with Crippen molar-refractivity contribution >= 4 is 23.2 Å². The minimum absolute atomic E-state index is 0.0742. The lowest BCUT2D eigenvalue weighted by Gasteiger charge is -2.20. The Kier molecular flexibility index (Phi) is 3.76. The highest BCUT2D eigenvalue weighted by atomic mass is 35.5. The Balaban J connectivity index is 2.39. The van der Waals surface area contributed by atoms with Crippen LogP contribution >= 0.6 is 11.6 Å². The summed E-state index contributed by atoms with van der Waals surface area (Å²) in [6.45, 7) is 1.93. The van der Waals surface area contributed by atoms with Crippen molar-refractivity contribution < 1.29 is 9.90 Å². The first-order valence-corrected chi connectivity index (χ1v) is 6.20. The number of nitrogens with zero attached hydrogens (tertiary/aromatic N) is 1. The maximum absolute atomic E-state index is 12.4. The molecule has 0 atom stereocenters. The van der Waals surface area contributed by atoms with Crippen molar-refractivity contribution in [3.05, 3.63) is 58.6 Å². The summed E-state index contributed by atoms with van der Waals surface area (Å²) in [6.07, 6.45) is 0. The molecule has 0 spiro atoms. The van der Waals surface area contributed by atoms with E-state index in [-0.39, 0.29) is 17.2 Å². The van der Waals surface area contributed by atoms with Gasteiger partial charge in [-0.1, -0.05) is 29.8 Å². The molecule has 0 aliphatic rings. The monoisotopic (exact) mass is 275 g/mol. The zero-order valence-corrected chi connectivity index (χ0v) is 11.5. The molecule has 2 rings (SSSR count). The van der Waals surface area contributed by atoms with E-state index >= 15 is 0 Å². The molecule has 2 aromatic rings. The third-order valence-electron chi connectivity index (χ3n) is 2.97. The Morgan fingerprint density at radius 3 is 2.58 bits per heavy atom. The SMILES string of the molecule is Cc1ccccc1N(C)C(=O)c1cc(Cl)ccc1O. The van der Waals surface area contributed by atoms with E-state index in [9.17, 15) is 9.90 Å². The molecular formula is C15H14ClNO2. The van der Waals surface area contributed by atoms with Gasteiger partial charge in [0.1, 0.15) is 5.75 Å². The van der Waals surface area contributed by atoms with Gasteiger partial charge in [-0.15, -0.1) is 0 Å². The van der Waals surface area contributed by atoms with Crippen LogP contribution in [0, 0.1) is 6.92 Å². The van der Waals surface area contributed by atoms with Gasteiger partial charge >= 0.3 is 0 Å². The number of phenols is 1. The molecule has 0 radical (unpaired) electrons. The van der Waals surface area contributed by atoms with Gasteiger partial charge in [0.2, 0.25) is 0 Å². The van der Waals surface area contributed by atoms with Gasteiger partial charge in [0, 0.05) is 17.8 Å². The Hall–Kier alpha value is -2.00. The molecule has 2 aromatic carbocycles. The molecule has 1 N–H and O–H groups in total. The topological polar surface area (TPSA) is 40.5 Å². The highest BCUT2D eigenvalue weighted by Crippen LogP contribution is 2.26. The van der Waals surface area contributed by atoms with Crippen molar-refractivity contribution in [2.45, 2.75) is 6.92 Å². The van der Waals surface area contributed by atoms with E-state index in [0.717, 1.165) is 11.3 Å². The number of aryl methyl sites for hydroxylation is 1. The molecule has 0 saturated carbocycles. The summed E-state index contributed by atoms with van der Waals surface area (Å²) in [4.78, 5) is 13.9. The number of phenolic OH excluding ortho intramolecular Hbond substituents is 1. The molecule has 0 saturated heterocycles. The fourth-order valence-electron chi connectivity index (χ4n) is 1.91. The number of amides is 1. The minimum atomic E-state index is -0.297. The van der Waals surface area contributed by atoms with Crippen LogP contribution in [-0.2, 0) is 0 Å². The van der Waals surface area contributed by atoms with Gasteiger partial charge in [0.25, 0.3) is 5.91 Å². The summed E-state index contributed by atoms with van der Waals surface area (Å²) in [5.74, 6) is -0.371. The molecular weight excluding hydrogens is 262 g/mol. The number of hydrogen-bond donors (Lipinski definition) is 1. The van der Waals surface area contributed by atoms with Crippen LogP contribution in [0.4, 0.5) is 5.69 Å². The van der Waals surface area contributed by atoms with Crippen LogP contribution in [0.2, 0.25) is 5.02 Å². The van der Waals surface area contributed by atoms with Crippen LogP contribution in [0.3, 0.4) is 0 Å². The van der Waals surface area contributed by atoms with E-state index in [1.54, 1.807) is 13.1 Å². The van der Waals surface area contributed by atoms with Crippen molar-refractivity contribution in [3.8, 4) is 5.75 Å². The maximum Gasteiger partial charge on any atom is 0.261 e. The Labute approximate surface area is 117 Å². The lowest BCUT2D eigenvalue weighted by molar-refractivity contribution is 0.0990. The van der Waals surface area contributed by atoms with Gasteiger partial charge in [-0.3, -0.25) is 4.79 Å². The van der Waals surface area contributed by atoms with Gasteiger partial charge in [0.15, 0.2) is 0 Å². The molecule has 0 heterocycles. The van der Waals surface area contributed by atoms with Crippen LogP contribution < -0.4 is 4.90 Å². The molecule has 3 nitrogen and oxygen atoms in total. The predicted molar refractivity (Wildman–Crippen MR) is 77.0 cm³/mol. The normalized spacial score (nSPS) is 10.3. The van der Waals surface area contributed by atoms with Crippen molar-refractivity contribution in [1.82, 2.24) is 0 Å². The summed E-state index contributed by atoms with van der Waals surface area (Å²) < 4.78 is 0. The molecule has 98 valence electrons. The summed E-state index contributed by atoms with van der Waals surface area (Å²) in [7, 11) is 1.67. The van der Waals surface area contributed by atoms with E-state index in [2.05, 4.69) is 0 Å². The molecule has 0 unspecified atom stereocenters. The first-order chi connectivity index (χ1) is 9.00. The van der Waals surface area contributed by atoms with Crippen molar-refractivity contribution in [2.75, 3.05) is 11.9 Å². The van der Waals surface area contributed by atoms with E-state index in [4.69, 9.17) is 11.6 Å². The molecule has 19 heavy (non-hydrogen) atoms. The average Bonchev–Trinajstić information content (AvgIpc) is 2.40. The van der Waals surface area contributed by atoms with E-state index < -0.39 is 0 Å². The largest absolute Gasteiger partial charge is 0.507 e. The smallest absolute Gasteiger partial charge is 0.261 e. The molecule has 0 aliphatic heterocycles. The molecule has 0 bridgehead atoms. The van der Waals surface area contributed by atoms with Gasteiger partial charge in [0.05, 0.1) is 5.56 Å². The van der Waals surface area contributed by atoms with Gasteiger partial charge < -0.3 is 10.0 Å². The Bertz CT molecular complexity index is 625. The fourth-order valence-corrected chi connectivity index (χ4v) is 2.08. The first kappa shape index (κ1) is 13.4. The van der Waals surface area contributed by atoms with Crippen LogP contribution in [0.1, 0.15) is 15.9 Å². The standard InChI is InChI=1S/C15H14ClNO2/c1-10-5-3-4-6-13(10)17(2)15(19)12-9-11(16)7-8-14(12)18/h3-9,18H,1-2H3. The molecule has 4 heteroatoms. The zero-order chi connectivity index (χ0) is 14.0. The second-order valence-electron chi connectivity index (χ2n) is 4.31. The number of hydrogen-bond acceptors (Lipinski definition) is 2. The number of halogens is 1. The van der Waals surface area contributed by atoms with Gasteiger partial charge in [-0.2, -0.15) is 0 Å². The molecule has 1 amide bonds. The molecule has 0 fully saturated rings. The number of aromatic hydroxyl groups is 1. The van der Waals surface area contributed by atoms with E-state index in [1.807, 2.05) is 31.2 Å². The Morgan fingerprint density at radius 1 is 1.21 bits per heavy atom. The quantitative estimate of drug-likeness (QED) is 0.909. The highest BCUT2D eigenvalue weighted by molar-refractivity contribution is 6.31. The number of anilines is 1. The van der Waals surface area contributed by atoms with Crippen molar-refractivity contribution in [3.63, 3.8) is 0 Å². The lowest BCUT2D eigenvalue weighted by atomic mass is 10.1. The summed E-state index contributed by atoms with van der Waals surface area (Å²) >= 11 is 5.86. The second kappa shape index (κ2) is 5.33. The first-order valence-electron chi connectivity index (χ1n) is 5.83. The van der Waals surface area contributed by atoms with E-state index in [1.165, 1.54) is 17.0 Å². The molecule has 0 aromatic heterocycles. The third-order valence-corrected chi connectivity index (χ3v) is 3.21. The number of rotatable bonds is 2. The van der Waals surface area contributed by atoms with Crippen LogP contribution in [0.5, 0.6) is 5.75 Å². The summed E-state index contributed by atoms with van der Waals surface area (Å²) in [5, 5.41) is 10.2. The zero-order valence-electron chi connectivity index (χ0n) is 10.7. The second-order valence-corrected chi connectivity index (χ2v) is 4.75. The van der Waals surface area contributed by atoms with Crippen molar-refractivity contribution in [2.24, 2.45) is 0 Å². The molecule has 0 aliphatic carbocycles. The lowest BCUT2D eigenvalue weighted by Crippen LogP contribution is -2.26. The number of carbonyl (C=O) groups excluding carboxylic acids is 1. The summed E-state index contributed by atoms with van der Waals surface area (Å²) in [5.41, 5.74) is 1.98. The van der Waals surface area contributed by atoms with Gasteiger partial charge in [-0.25, -0.2) is 0 Å². The van der Waals surface area contributed by atoms with Crippen LogP contribution in [-0.4, -0.2) is 18.1 Å². The average molecular weight is 276 g/mol. The van der Waals surface area contributed by atoms with Crippen molar-refractivity contribution in [1.29, 1.82) is 0 Å². The van der Waals surface area contributed by atoms with Crippen LogP contribution in [0.15, 0.2) is 42.5 Å². The number of carbonyl (C=O) groups is 1. The Morgan fingerprint density at radius 2 is 1.89 bits per heavy atom. The minimum Gasteiger partial charge on any atom is -0.507 e. The predicted octanol–water partition coefficient (Wildman–Crippen LogP) is 3.63. The van der Waals surface area contributed by atoms with E-state index in [0.29, 0.717) is 5.02 Å². The highest BCUT2D eigenvalue weighted by Gasteiger charge is 2.18.